The molecule has 0 saturated carbocycles. The van der Waals surface area contributed by atoms with Crippen molar-refractivity contribution in [3.05, 3.63) is 42.4 Å². The first-order chi connectivity index (χ1) is 6.97. The molecule has 15 heavy (non-hydrogen) atoms. The molecule has 0 amide bonds. The number of nitrogens with zero attached hydrogens (tertiary/aromatic N) is 2. The van der Waals surface area contributed by atoms with Crippen LogP contribution in [0.2, 0.25) is 0 Å². The summed E-state index contributed by atoms with van der Waals surface area (Å²) in [6, 6.07) is 1.79. The summed E-state index contributed by atoms with van der Waals surface area (Å²) in [6.45, 7) is 0. The molecule has 1 aromatic carbocycles. The lowest BCUT2D eigenvalue weighted by atomic mass is 10.2. The molecular weight excluding hydrogens is 272 g/mol. The van der Waals surface area contributed by atoms with E-state index >= 15 is 0 Å². The molecule has 0 aliphatic carbocycles. The van der Waals surface area contributed by atoms with Crippen LogP contribution in [0.3, 0.4) is 0 Å². The lowest BCUT2D eigenvalue weighted by Crippen LogP contribution is -1.98. The van der Waals surface area contributed by atoms with E-state index in [2.05, 4.69) is 15.9 Å². The fourth-order valence-electron chi connectivity index (χ4n) is 0.959. The van der Waals surface area contributed by atoms with Crippen LogP contribution in [0.25, 0.3) is 0 Å². The quantitative estimate of drug-likeness (QED) is 0.477. The molecule has 0 atom stereocenters. The Labute approximate surface area is 91.1 Å². The van der Waals surface area contributed by atoms with Crippen LogP contribution in [-0.2, 0) is 0 Å². The SMILES string of the molecule is O=Cc1cc(Br)c([N+](=O)[O-])cc1[N+](=O)[O-]. The summed E-state index contributed by atoms with van der Waals surface area (Å²) in [7, 11) is 0. The van der Waals surface area contributed by atoms with Crippen LogP contribution < -0.4 is 0 Å². The van der Waals surface area contributed by atoms with E-state index in [-0.39, 0.29) is 16.3 Å². The van der Waals surface area contributed by atoms with Gasteiger partial charge < -0.3 is 0 Å². The zero-order valence-electron chi connectivity index (χ0n) is 7.05. The third-order valence-electron chi connectivity index (χ3n) is 1.62. The smallest absolute Gasteiger partial charge is 0.290 e. The minimum absolute atomic E-state index is 0.0280. The highest BCUT2D eigenvalue weighted by Crippen LogP contribution is 2.31. The second kappa shape index (κ2) is 4.13. The lowest BCUT2D eigenvalue weighted by Gasteiger charge is -1.98. The molecule has 0 unspecified atom stereocenters. The van der Waals surface area contributed by atoms with E-state index in [0.29, 0.717) is 0 Å². The number of nitro groups is 2. The summed E-state index contributed by atoms with van der Waals surface area (Å²) in [6.07, 6.45) is 0.270. The van der Waals surface area contributed by atoms with Gasteiger partial charge >= 0.3 is 0 Å². The van der Waals surface area contributed by atoms with E-state index in [1.165, 1.54) is 0 Å². The van der Waals surface area contributed by atoms with Crippen molar-refractivity contribution in [2.24, 2.45) is 0 Å². The van der Waals surface area contributed by atoms with Crippen LogP contribution in [0, 0.1) is 20.2 Å². The van der Waals surface area contributed by atoms with Gasteiger partial charge in [-0.3, -0.25) is 25.0 Å². The largest absolute Gasteiger partial charge is 0.298 e. The molecule has 0 aliphatic rings. The third-order valence-corrected chi connectivity index (χ3v) is 2.25. The molecule has 1 rings (SSSR count). The van der Waals surface area contributed by atoms with Gasteiger partial charge in [0.25, 0.3) is 11.4 Å². The second-order valence-electron chi connectivity index (χ2n) is 2.49. The molecule has 0 fully saturated rings. The predicted octanol–water partition coefficient (Wildman–Crippen LogP) is 2.08. The summed E-state index contributed by atoms with van der Waals surface area (Å²) in [5, 5.41) is 20.9. The highest BCUT2D eigenvalue weighted by molar-refractivity contribution is 9.10. The summed E-state index contributed by atoms with van der Waals surface area (Å²) in [4.78, 5) is 29.8. The van der Waals surface area contributed by atoms with Crippen LogP contribution in [0.1, 0.15) is 10.4 Å². The number of hydrogen-bond donors (Lipinski definition) is 0. The van der Waals surface area contributed by atoms with Gasteiger partial charge in [-0.25, -0.2) is 0 Å². The van der Waals surface area contributed by atoms with E-state index < -0.39 is 21.2 Å². The first-order valence-electron chi connectivity index (χ1n) is 3.55. The van der Waals surface area contributed by atoms with Gasteiger partial charge in [-0.05, 0) is 22.0 Å². The Morgan fingerprint density at radius 1 is 1.13 bits per heavy atom. The predicted molar refractivity (Wildman–Crippen MR) is 52.8 cm³/mol. The van der Waals surface area contributed by atoms with Crippen molar-refractivity contribution in [3.8, 4) is 0 Å². The van der Waals surface area contributed by atoms with Crippen LogP contribution in [0.4, 0.5) is 11.4 Å². The maximum Gasteiger partial charge on any atom is 0.290 e. The molecule has 0 saturated heterocycles. The van der Waals surface area contributed by atoms with Crippen LogP contribution in [-0.4, -0.2) is 16.1 Å². The molecule has 0 N–H and O–H groups in total. The monoisotopic (exact) mass is 274 g/mol. The van der Waals surface area contributed by atoms with E-state index in [9.17, 15) is 25.0 Å². The average molecular weight is 275 g/mol. The van der Waals surface area contributed by atoms with E-state index in [1.807, 2.05) is 0 Å². The molecule has 0 heterocycles. The van der Waals surface area contributed by atoms with E-state index in [1.54, 1.807) is 0 Å². The van der Waals surface area contributed by atoms with Gasteiger partial charge in [-0.15, -0.1) is 0 Å². The molecule has 0 radical (unpaired) electrons. The normalized spacial score (nSPS) is 9.67. The maximum atomic E-state index is 10.5. The van der Waals surface area contributed by atoms with Crippen molar-refractivity contribution >= 4 is 33.6 Å². The van der Waals surface area contributed by atoms with Crippen molar-refractivity contribution in [1.29, 1.82) is 0 Å². The molecular formula is C7H3BrN2O5. The fraction of sp³-hybridized carbons (Fsp3) is 0. The van der Waals surface area contributed by atoms with Gasteiger partial charge in [-0.2, -0.15) is 0 Å². The number of benzene rings is 1. The van der Waals surface area contributed by atoms with Crippen LogP contribution in [0.5, 0.6) is 0 Å². The highest BCUT2D eigenvalue weighted by atomic mass is 79.9. The fourth-order valence-corrected chi connectivity index (χ4v) is 1.46. The van der Waals surface area contributed by atoms with Crippen molar-refractivity contribution < 1.29 is 14.6 Å². The summed E-state index contributed by atoms with van der Waals surface area (Å²) < 4.78 is 0.0280. The Morgan fingerprint density at radius 3 is 2.07 bits per heavy atom. The van der Waals surface area contributed by atoms with Crippen LogP contribution >= 0.6 is 15.9 Å². The molecule has 7 nitrogen and oxygen atoms in total. The number of rotatable bonds is 3. The first-order valence-corrected chi connectivity index (χ1v) is 4.34. The summed E-state index contributed by atoms with van der Waals surface area (Å²) >= 11 is 2.85. The molecule has 0 bridgehead atoms. The Hall–Kier alpha value is -1.83. The Balaban J connectivity index is 3.50. The highest BCUT2D eigenvalue weighted by Gasteiger charge is 2.22. The molecule has 78 valence electrons. The van der Waals surface area contributed by atoms with Crippen LogP contribution in [0.15, 0.2) is 16.6 Å². The number of nitro benzene ring substituents is 2. The summed E-state index contributed by atoms with van der Waals surface area (Å²) in [5.74, 6) is 0. The Morgan fingerprint density at radius 2 is 1.67 bits per heavy atom. The van der Waals surface area contributed by atoms with Gasteiger partial charge in [0.15, 0.2) is 6.29 Å². The summed E-state index contributed by atoms with van der Waals surface area (Å²) in [5.41, 5.74) is -1.25. The van der Waals surface area contributed by atoms with Crippen molar-refractivity contribution in [2.45, 2.75) is 0 Å². The topological polar surface area (TPSA) is 103 Å². The lowest BCUT2D eigenvalue weighted by molar-refractivity contribution is -0.394. The van der Waals surface area contributed by atoms with Crippen molar-refractivity contribution in [1.82, 2.24) is 0 Å². The third kappa shape index (κ3) is 2.15. The van der Waals surface area contributed by atoms with Gasteiger partial charge in [-0.1, -0.05) is 0 Å². The van der Waals surface area contributed by atoms with Gasteiger partial charge in [0, 0.05) is 0 Å². The molecule has 1 aromatic rings. The van der Waals surface area contributed by atoms with E-state index in [4.69, 9.17) is 0 Å². The van der Waals surface area contributed by atoms with Gasteiger partial charge in [0.05, 0.1) is 25.9 Å². The Kier molecular flexibility index (Phi) is 3.10. The Bertz CT molecular complexity index is 459. The second-order valence-corrected chi connectivity index (χ2v) is 3.35. The molecule has 0 aliphatic heterocycles. The van der Waals surface area contributed by atoms with E-state index in [0.717, 1.165) is 12.1 Å². The number of halogens is 1. The van der Waals surface area contributed by atoms with Gasteiger partial charge in [0.2, 0.25) is 0 Å². The average Bonchev–Trinajstić information content (AvgIpc) is 2.16. The van der Waals surface area contributed by atoms with Gasteiger partial charge in [0.1, 0.15) is 0 Å². The number of hydrogen-bond acceptors (Lipinski definition) is 5. The number of carbonyl (C=O) groups is 1. The molecule has 8 heteroatoms. The minimum Gasteiger partial charge on any atom is -0.298 e. The first kappa shape index (κ1) is 11.2. The standard InChI is InChI=1S/C7H3BrN2O5/c8-5-1-4(3-11)6(9(12)13)2-7(5)10(14)15/h1-3H. The van der Waals surface area contributed by atoms with Crippen molar-refractivity contribution in [2.75, 3.05) is 0 Å². The van der Waals surface area contributed by atoms with Crippen molar-refractivity contribution in [3.63, 3.8) is 0 Å². The number of aldehydes is 1. The molecule has 0 spiro atoms. The zero-order chi connectivity index (χ0) is 11.6. The molecule has 0 aromatic heterocycles. The zero-order valence-corrected chi connectivity index (χ0v) is 8.63. The maximum absolute atomic E-state index is 10.5. The number of carbonyl (C=O) groups excluding carboxylic acids is 1. The minimum atomic E-state index is -0.844.